The second kappa shape index (κ2) is 6.15. The summed E-state index contributed by atoms with van der Waals surface area (Å²) in [5.74, 6) is 0.684. The van der Waals surface area contributed by atoms with Gasteiger partial charge < -0.3 is 5.73 Å². The zero-order valence-electron chi connectivity index (χ0n) is 10.4. The summed E-state index contributed by atoms with van der Waals surface area (Å²) in [6.07, 6.45) is 9.16. The molecule has 2 N–H and O–H groups in total. The second-order valence-electron chi connectivity index (χ2n) is 5.24. The van der Waals surface area contributed by atoms with Gasteiger partial charge in [-0.25, -0.2) is 4.39 Å². The first-order valence-electron chi connectivity index (χ1n) is 6.77. The predicted molar refractivity (Wildman–Crippen MR) is 69.1 cm³/mol. The summed E-state index contributed by atoms with van der Waals surface area (Å²) in [6, 6.07) is 6.67. The van der Waals surface area contributed by atoms with Gasteiger partial charge in [0.15, 0.2) is 0 Å². The molecule has 1 aliphatic rings. The highest BCUT2D eigenvalue weighted by Crippen LogP contribution is 2.29. The lowest BCUT2D eigenvalue weighted by molar-refractivity contribution is 0.324. The molecule has 94 valence electrons. The van der Waals surface area contributed by atoms with Gasteiger partial charge in [0.2, 0.25) is 0 Å². The third kappa shape index (κ3) is 3.81. The Morgan fingerprint density at radius 2 is 1.76 bits per heavy atom. The van der Waals surface area contributed by atoms with Crippen LogP contribution in [-0.2, 0) is 0 Å². The van der Waals surface area contributed by atoms with Crippen molar-refractivity contribution < 1.29 is 4.39 Å². The predicted octanol–water partition coefficient (Wildman–Crippen LogP) is 4.19. The lowest BCUT2D eigenvalue weighted by Gasteiger charge is -2.23. The number of benzene rings is 1. The van der Waals surface area contributed by atoms with E-state index in [1.54, 1.807) is 12.1 Å². The van der Waals surface area contributed by atoms with E-state index in [0.717, 1.165) is 17.9 Å². The molecule has 17 heavy (non-hydrogen) atoms. The molecule has 0 saturated heterocycles. The molecule has 2 rings (SSSR count). The van der Waals surface area contributed by atoms with Crippen LogP contribution in [0.3, 0.4) is 0 Å². The van der Waals surface area contributed by atoms with Crippen LogP contribution >= 0.6 is 0 Å². The van der Waals surface area contributed by atoms with Crippen LogP contribution in [0.15, 0.2) is 24.3 Å². The van der Waals surface area contributed by atoms with Crippen molar-refractivity contribution in [2.75, 3.05) is 0 Å². The van der Waals surface area contributed by atoms with Crippen LogP contribution in [0.1, 0.15) is 56.6 Å². The van der Waals surface area contributed by atoms with Crippen LogP contribution in [0.25, 0.3) is 0 Å². The summed E-state index contributed by atoms with van der Waals surface area (Å²) in [4.78, 5) is 0. The van der Waals surface area contributed by atoms with Gasteiger partial charge in [-0.2, -0.15) is 0 Å². The molecule has 1 fully saturated rings. The minimum absolute atomic E-state index is 0.0672. The molecule has 2 heteroatoms. The van der Waals surface area contributed by atoms with Crippen molar-refractivity contribution in [3.8, 4) is 0 Å². The van der Waals surface area contributed by atoms with E-state index in [0.29, 0.717) is 0 Å². The van der Waals surface area contributed by atoms with Gasteiger partial charge in [0.05, 0.1) is 0 Å². The fraction of sp³-hybridized carbons (Fsp3) is 0.600. The quantitative estimate of drug-likeness (QED) is 0.832. The Morgan fingerprint density at radius 3 is 2.41 bits per heavy atom. The third-order valence-electron chi connectivity index (χ3n) is 3.91. The first-order chi connectivity index (χ1) is 8.25. The Bertz CT molecular complexity index is 327. The Morgan fingerprint density at radius 1 is 1.12 bits per heavy atom. The Balaban J connectivity index is 1.80. The maximum atomic E-state index is 12.8. The zero-order valence-corrected chi connectivity index (χ0v) is 10.4. The van der Waals surface area contributed by atoms with Crippen LogP contribution in [0, 0.1) is 11.7 Å². The molecule has 0 amide bonds. The van der Waals surface area contributed by atoms with E-state index >= 15 is 0 Å². The Labute approximate surface area is 103 Å². The molecule has 0 aliphatic heterocycles. The fourth-order valence-electron chi connectivity index (χ4n) is 2.77. The highest BCUT2D eigenvalue weighted by atomic mass is 19.1. The van der Waals surface area contributed by atoms with E-state index in [-0.39, 0.29) is 11.9 Å². The van der Waals surface area contributed by atoms with Crippen LogP contribution in [-0.4, -0.2) is 0 Å². The Hall–Kier alpha value is -0.890. The Kier molecular flexibility index (Phi) is 4.55. The molecule has 1 nitrogen and oxygen atoms in total. The number of nitrogens with two attached hydrogens (primary N) is 1. The monoisotopic (exact) mass is 235 g/mol. The molecule has 0 heterocycles. The van der Waals surface area contributed by atoms with Gasteiger partial charge in [0, 0.05) is 6.04 Å². The van der Waals surface area contributed by atoms with E-state index in [1.165, 1.54) is 50.7 Å². The lowest BCUT2D eigenvalue weighted by Crippen LogP contribution is -2.14. The first-order valence-corrected chi connectivity index (χ1v) is 6.77. The van der Waals surface area contributed by atoms with Crippen molar-refractivity contribution in [2.45, 2.75) is 51.0 Å². The molecule has 1 saturated carbocycles. The zero-order chi connectivity index (χ0) is 12.1. The maximum Gasteiger partial charge on any atom is 0.123 e. The molecule has 0 radical (unpaired) electrons. The van der Waals surface area contributed by atoms with E-state index in [4.69, 9.17) is 5.73 Å². The van der Waals surface area contributed by atoms with Crippen LogP contribution in [0.4, 0.5) is 4.39 Å². The topological polar surface area (TPSA) is 26.0 Å². The van der Waals surface area contributed by atoms with E-state index < -0.39 is 0 Å². The average Bonchev–Trinajstić information content (AvgIpc) is 2.38. The molecule has 1 atom stereocenters. The standard InChI is InChI=1S/C15H22FN/c16-14-9-7-13(8-10-14)15(17)11-6-12-4-2-1-3-5-12/h7-10,12,15H,1-6,11,17H2. The SMILES string of the molecule is NC(CCC1CCCCC1)c1ccc(F)cc1. The first kappa shape index (κ1) is 12.6. The van der Waals surface area contributed by atoms with Gasteiger partial charge in [0.25, 0.3) is 0 Å². The molecule has 1 unspecified atom stereocenters. The van der Waals surface area contributed by atoms with Crippen molar-refractivity contribution >= 4 is 0 Å². The van der Waals surface area contributed by atoms with E-state index in [1.807, 2.05) is 0 Å². The molecular weight excluding hydrogens is 213 g/mol. The van der Waals surface area contributed by atoms with Gasteiger partial charge in [-0.3, -0.25) is 0 Å². The lowest BCUT2D eigenvalue weighted by atomic mass is 9.84. The summed E-state index contributed by atoms with van der Waals surface area (Å²) < 4.78 is 12.8. The minimum Gasteiger partial charge on any atom is -0.324 e. The summed E-state index contributed by atoms with van der Waals surface area (Å²) in [5, 5.41) is 0. The smallest absolute Gasteiger partial charge is 0.123 e. The van der Waals surface area contributed by atoms with Crippen molar-refractivity contribution in [3.05, 3.63) is 35.6 Å². The molecule has 1 aromatic rings. The molecular formula is C15H22FN. The molecule has 0 bridgehead atoms. The van der Waals surface area contributed by atoms with Crippen molar-refractivity contribution in [1.82, 2.24) is 0 Å². The molecule has 1 aliphatic carbocycles. The molecule has 0 spiro atoms. The third-order valence-corrected chi connectivity index (χ3v) is 3.91. The number of halogens is 1. The number of hydrogen-bond donors (Lipinski definition) is 1. The van der Waals surface area contributed by atoms with Crippen molar-refractivity contribution in [1.29, 1.82) is 0 Å². The summed E-state index contributed by atoms with van der Waals surface area (Å²) >= 11 is 0. The van der Waals surface area contributed by atoms with E-state index in [2.05, 4.69) is 0 Å². The summed E-state index contributed by atoms with van der Waals surface area (Å²) in [6.45, 7) is 0. The maximum absolute atomic E-state index is 12.8. The van der Waals surface area contributed by atoms with Gasteiger partial charge in [-0.1, -0.05) is 44.2 Å². The van der Waals surface area contributed by atoms with Gasteiger partial charge in [-0.05, 0) is 36.5 Å². The minimum atomic E-state index is -0.187. The van der Waals surface area contributed by atoms with Crippen molar-refractivity contribution in [3.63, 3.8) is 0 Å². The number of hydrogen-bond acceptors (Lipinski definition) is 1. The number of rotatable bonds is 4. The second-order valence-corrected chi connectivity index (χ2v) is 5.24. The summed E-state index contributed by atoms with van der Waals surface area (Å²) in [5.41, 5.74) is 7.20. The molecule has 1 aromatic carbocycles. The van der Waals surface area contributed by atoms with Crippen LogP contribution in [0.5, 0.6) is 0 Å². The largest absolute Gasteiger partial charge is 0.324 e. The van der Waals surface area contributed by atoms with Crippen LogP contribution in [0.2, 0.25) is 0 Å². The highest BCUT2D eigenvalue weighted by molar-refractivity contribution is 5.19. The van der Waals surface area contributed by atoms with Gasteiger partial charge in [-0.15, -0.1) is 0 Å². The van der Waals surface area contributed by atoms with Crippen molar-refractivity contribution in [2.24, 2.45) is 11.7 Å². The van der Waals surface area contributed by atoms with Gasteiger partial charge in [0.1, 0.15) is 5.82 Å². The van der Waals surface area contributed by atoms with Gasteiger partial charge >= 0.3 is 0 Å². The average molecular weight is 235 g/mol. The van der Waals surface area contributed by atoms with E-state index in [9.17, 15) is 4.39 Å². The van der Waals surface area contributed by atoms with Crippen LogP contribution < -0.4 is 5.73 Å². The molecule has 0 aromatic heterocycles. The highest BCUT2D eigenvalue weighted by Gasteiger charge is 2.15. The fourth-order valence-corrected chi connectivity index (χ4v) is 2.77. The summed E-state index contributed by atoms with van der Waals surface area (Å²) in [7, 11) is 0. The normalized spacial score (nSPS) is 19.2.